The third-order valence-electron chi connectivity index (χ3n) is 2.21. The van der Waals surface area contributed by atoms with Crippen molar-refractivity contribution in [2.24, 2.45) is 5.73 Å². The van der Waals surface area contributed by atoms with Crippen molar-refractivity contribution in [3.05, 3.63) is 16.1 Å². The molecule has 21 heavy (non-hydrogen) atoms. The highest BCUT2D eigenvalue weighted by Gasteiger charge is 2.14. The van der Waals surface area contributed by atoms with Gasteiger partial charge >= 0.3 is 0 Å². The van der Waals surface area contributed by atoms with E-state index >= 15 is 0 Å². The van der Waals surface area contributed by atoms with Gasteiger partial charge in [-0.1, -0.05) is 0 Å². The normalized spacial score (nSPS) is 11.2. The predicted octanol–water partition coefficient (Wildman–Crippen LogP) is 0.124. The Morgan fingerprint density at radius 3 is 2.71 bits per heavy atom. The molecule has 122 valence electrons. The molecule has 0 saturated heterocycles. The third-order valence-corrected chi connectivity index (χ3v) is 4.69. The summed E-state index contributed by atoms with van der Waals surface area (Å²) >= 11 is 1.37. The number of thiazole rings is 1. The Hall–Kier alpha value is -0.740. The van der Waals surface area contributed by atoms with Crippen molar-refractivity contribution in [3.63, 3.8) is 0 Å². The van der Waals surface area contributed by atoms with Gasteiger partial charge in [-0.05, 0) is 20.4 Å². The molecule has 1 amide bonds. The first kappa shape index (κ1) is 20.3. The van der Waals surface area contributed by atoms with Crippen LogP contribution in [-0.2, 0) is 16.4 Å². The van der Waals surface area contributed by atoms with Gasteiger partial charge in [0, 0.05) is 24.4 Å². The maximum Gasteiger partial charge on any atom is 0.270 e. The Morgan fingerprint density at radius 2 is 2.14 bits per heavy atom. The highest BCUT2D eigenvalue weighted by atomic mass is 35.5. The summed E-state index contributed by atoms with van der Waals surface area (Å²) in [5.41, 5.74) is 5.70. The maximum atomic E-state index is 11.8. The summed E-state index contributed by atoms with van der Waals surface area (Å²) in [7, 11) is -3.36. The molecule has 0 aliphatic rings. The zero-order valence-electron chi connectivity index (χ0n) is 12.0. The van der Waals surface area contributed by atoms with Crippen LogP contribution in [0, 0.1) is 0 Å². The minimum atomic E-state index is -3.36. The minimum absolute atomic E-state index is 0. The molecule has 0 aliphatic heterocycles. The Morgan fingerprint density at radius 1 is 1.48 bits per heavy atom. The Bertz CT molecular complexity index is 545. The third kappa shape index (κ3) is 7.72. The first-order valence-corrected chi connectivity index (χ1v) is 8.80. The van der Waals surface area contributed by atoms with Crippen LogP contribution in [0.25, 0.3) is 0 Å². The van der Waals surface area contributed by atoms with E-state index in [1.54, 1.807) is 19.2 Å². The number of amides is 1. The zero-order chi connectivity index (χ0) is 15.2. The van der Waals surface area contributed by atoms with Crippen LogP contribution < -0.4 is 15.8 Å². The molecular weight excluding hydrogens is 336 g/mol. The van der Waals surface area contributed by atoms with Gasteiger partial charge in [-0.3, -0.25) is 4.79 Å². The maximum absolute atomic E-state index is 11.8. The van der Waals surface area contributed by atoms with E-state index in [1.807, 2.05) is 0 Å². The molecule has 0 aliphatic carbocycles. The number of carbonyl (C=O) groups is 1. The van der Waals surface area contributed by atoms with E-state index in [2.05, 4.69) is 15.0 Å². The van der Waals surface area contributed by atoms with Gasteiger partial charge in [0.05, 0.1) is 10.8 Å². The number of nitrogens with one attached hydrogen (secondary N) is 2. The van der Waals surface area contributed by atoms with Crippen LogP contribution in [0.2, 0.25) is 0 Å². The number of hydrogen-bond donors (Lipinski definition) is 3. The topological polar surface area (TPSA) is 114 Å². The van der Waals surface area contributed by atoms with Gasteiger partial charge in [0.1, 0.15) is 5.69 Å². The van der Waals surface area contributed by atoms with Gasteiger partial charge in [0.2, 0.25) is 10.0 Å². The van der Waals surface area contributed by atoms with Crippen molar-refractivity contribution in [1.29, 1.82) is 0 Å². The summed E-state index contributed by atoms with van der Waals surface area (Å²) in [4.78, 5) is 15.9. The van der Waals surface area contributed by atoms with Gasteiger partial charge in [0.25, 0.3) is 5.91 Å². The van der Waals surface area contributed by atoms with Crippen LogP contribution in [0.4, 0.5) is 0 Å². The largest absolute Gasteiger partial charge is 0.350 e. The SMILES string of the molecule is CC(C)NS(=O)(=O)CCNC(=O)c1csc(CCN)n1.Cl. The molecule has 4 N–H and O–H groups in total. The summed E-state index contributed by atoms with van der Waals surface area (Å²) in [6.07, 6.45) is 0.630. The number of carbonyl (C=O) groups excluding carboxylic acids is 1. The van der Waals surface area contributed by atoms with Crippen LogP contribution in [0.5, 0.6) is 0 Å². The van der Waals surface area contributed by atoms with Crippen molar-refractivity contribution in [2.45, 2.75) is 26.3 Å². The molecule has 1 rings (SSSR count). The summed E-state index contributed by atoms with van der Waals surface area (Å²) in [5.74, 6) is -0.527. The van der Waals surface area contributed by atoms with E-state index in [1.165, 1.54) is 11.3 Å². The summed E-state index contributed by atoms with van der Waals surface area (Å²) < 4.78 is 25.6. The number of aromatic nitrogens is 1. The minimum Gasteiger partial charge on any atom is -0.350 e. The molecule has 0 radical (unpaired) electrons. The van der Waals surface area contributed by atoms with Crippen LogP contribution in [-0.4, -0.2) is 44.2 Å². The van der Waals surface area contributed by atoms with Gasteiger partial charge in [0.15, 0.2) is 0 Å². The fourth-order valence-electron chi connectivity index (χ4n) is 1.46. The van der Waals surface area contributed by atoms with Crippen molar-refractivity contribution >= 4 is 39.7 Å². The second-order valence-corrected chi connectivity index (χ2v) is 7.33. The molecule has 1 heterocycles. The van der Waals surface area contributed by atoms with Gasteiger partial charge in [-0.2, -0.15) is 0 Å². The van der Waals surface area contributed by atoms with Gasteiger partial charge < -0.3 is 11.1 Å². The fraction of sp³-hybridized carbons (Fsp3) is 0.636. The number of halogens is 1. The highest BCUT2D eigenvalue weighted by Crippen LogP contribution is 2.09. The Balaban J connectivity index is 0.00000400. The van der Waals surface area contributed by atoms with Crippen molar-refractivity contribution in [1.82, 2.24) is 15.0 Å². The predicted molar refractivity (Wildman–Crippen MR) is 86.5 cm³/mol. The lowest BCUT2D eigenvalue weighted by atomic mass is 10.4. The fourth-order valence-corrected chi connectivity index (χ4v) is 3.46. The second-order valence-electron chi connectivity index (χ2n) is 4.51. The van der Waals surface area contributed by atoms with E-state index in [-0.39, 0.29) is 36.7 Å². The van der Waals surface area contributed by atoms with E-state index in [4.69, 9.17) is 5.73 Å². The van der Waals surface area contributed by atoms with Crippen molar-refractivity contribution in [3.8, 4) is 0 Å². The van der Waals surface area contributed by atoms with Crippen LogP contribution in [0.15, 0.2) is 5.38 Å². The molecule has 0 fully saturated rings. The average molecular weight is 357 g/mol. The summed E-state index contributed by atoms with van der Waals surface area (Å²) in [5, 5.41) is 4.98. The summed E-state index contributed by atoms with van der Waals surface area (Å²) in [6.45, 7) is 4.01. The van der Waals surface area contributed by atoms with E-state index in [0.29, 0.717) is 18.7 Å². The number of nitrogens with two attached hydrogens (primary N) is 1. The van der Waals surface area contributed by atoms with Gasteiger partial charge in [-0.25, -0.2) is 18.1 Å². The average Bonchev–Trinajstić information content (AvgIpc) is 2.76. The molecule has 1 aromatic rings. The van der Waals surface area contributed by atoms with Gasteiger partial charge in [-0.15, -0.1) is 23.7 Å². The Kier molecular flexibility index (Phi) is 8.98. The molecule has 0 atom stereocenters. The van der Waals surface area contributed by atoms with Crippen LogP contribution >= 0.6 is 23.7 Å². The molecule has 0 saturated carbocycles. The number of hydrogen-bond acceptors (Lipinski definition) is 6. The molecule has 10 heteroatoms. The molecule has 0 aromatic carbocycles. The first-order valence-electron chi connectivity index (χ1n) is 6.26. The monoisotopic (exact) mass is 356 g/mol. The quantitative estimate of drug-likeness (QED) is 0.612. The van der Waals surface area contributed by atoms with E-state index in [0.717, 1.165) is 5.01 Å². The number of sulfonamides is 1. The Labute approximate surface area is 135 Å². The smallest absolute Gasteiger partial charge is 0.270 e. The molecule has 1 aromatic heterocycles. The van der Waals surface area contributed by atoms with Crippen LogP contribution in [0.1, 0.15) is 29.3 Å². The number of rotatable bonds is 8. The molecular formula is C11H21ClN4O3S2. The molecule has 0 bridgehead atoms. The lowest BCUT2D eigenvalue weighted by molar-refractivity contribution is 0.0951. The highest BCUT2D eigenvalue weighted by molar-refractivity contribution is 7.89. The molecule has 7 nitrogen and oxygen atoms in total. The van der Waals surface area contributed by atoms with E-state index < -0.39 is 10.0 Å². The standard InChI is InChI=1S/C11H20N4O3S2.ClH/c1-8(2)15-20(17,18)6-5-13-11(16)9-7-19-10(14-9)3-4-12;/h7-8,15H,3-6,12H2,1-2H3,(H,13,16);1H. The van der Waals surface area contributed by atoms with Crippen LogP contribution in [0.3, 0.4) is 0 Å². The van der Waals surface area contributed by atoms with E-state index in [9.17, 15) is 13.2 Å². The lowest BCUT2D eigenvalue weighted by Crippen LogP contribution is -2.37. The first-order chi connectivity index (χ1) is 9.34. The van der Waals surface area contributed by atoms with Crippen molar-refractivity contribution < 1.29 is 13.2 Å². The second kappa shape index (κ2) is 9.31. The number of nitrogens with zero attached hydrogens (tertiary/aromatic N) is 1. The lowest BCUT2D eigenvalue weighted by Gasteiger charge is -2.09. The molecule has 0 spiro atoms. The molecule has 0 unspecified atom stereocenters. The zero-order valence-corrected chi connectivity index (χ0v) is 14.4. The van der Waals surface area contributed by atoms with Crippen molar-refractivity contribution in [2.75, 3.05) is 18.8 Å². The summed E-state index contributed by atoms with van der Waals surface area (Å²) in [6, 6.07) is -0.159.